The summed E-state index contributed by atoms with van der Waals surface area (Å²) in [6.45, 7) is 3.64. The fourth-order valence-corrected chi connectivity index (χ4v) is 1.27. The fourth-order valence-electron chi connectivity index (χ4n) is 1.27. The molecule has 6 nitrogen and oxygen atoms in total. The number of amides is 1. The van der Waals surface area contributed by atoms with Gasteiger partial charge in [0.15, 0.2) is 0 Å². The Morgan fingerprint density at radius 1 is 1.24 bits per heavy atom. The third-order valence-electron chi connectivity index (χ3n) is 2.06. The molecule has 17 heavy (non-hydrogen) atoms. The van der Waals surface area contributed by atoms with E-state index in [-0.39, 0.29) is 24.7 Å². The van der Waals surface area contributed by atoms with E-state index in [1.807, 2.05) is 0 Å². The molecule has 2 N–H and O–H groups in total. The van der Waals surface area contributed by atoms with Gasteiger partial charge in [-0.15, -0.1) is 0 Å². The SMILES string of the molecule is COCCOCCNC(=O)CC(C)CC(=O)O. The van der Waals surface area contributed by atoms with E-state index in [9.17, 15) is 9.59 Å². The third-order valence-corrected chi connectivity index (χ3v) is 2.06. The highest BCUT2D eigenvalue weighted by molar-refractivity contribution is 5.77. The lowest BCUT2D eigenvalue weighted by molar-refractivity contribution is -0.138. The second kappa shape index (κ2) is 10.0. The summed E-state index contributed by atoms with van der Waals surface area (Å²) in [6.07, 6.45) is 0.238. The summed E-state index contributed by atoms with van der Waals surface area (Å²) >= 11 is 0. The molecule has 100 valence electrons. The highest BCUT2D eigenvalue weighted by Crippen LogP contribution is 2.06. The van der Waals surface area contributed by atoms with Crippen molar-refractivity contribution < 1.29 is 24.2 Å². The van der Waals surface area contributed by atoms with E-state index in [0.717, 1.165) is 0 Å². The second-order valence-electron chi connectivity index (χ2n) is 3.86. The van der Waals surface area contributed by atoms with Crippen molar-refractivity contribution in [2.45, 2.75) is 19.8 Å². The first-order valence-electron chi connectivity index (χ1n) is 5.61. The number of carbonyl (C=O) groups excluding carboxylic acids is 1. The quantitative estimate of drug-likeness (QED) is 0.541. The number of methoxy groups -OCH3 is 1. The van der Waals surface area contributed by atoms with Crippen LogP contribution in [0, 0.1) is 5.92 Å². The molecule has 0 aromatic heterocycles. The van der Waals surface area contributed by atoms with Crippen LogP contribution < -0.4 is 5.32 Å². The molecule has 1 atom stereocenters. The van der Waals surface area contributed by atoms with Gasteiger partial charge in [-0.05, 0) is 5.92 Å². The zero-order valence-corrected chi connectivity index (χ0v) is 10.4. The molecule has 0 fully saturated rings. The van der Waals surface area contributed by atoms with Gasteiger partial charge in [0.2, 0.25) is 5.91 Å². The van der Waals surface area contributed by atoms with Gasteiger partial charge in [0.05, 0.1) is 19.8 Å². The van der Waals surface area contributed by atoms with Gasteiger partial charge in [-0.2, -0.15) is 0 Å². The Labute approximate surface area is 101 Å². The van der Waals surface area contributed by atoms with Gasteiger partial charge in [-0.3, -0.25) is 9.59 Å². The standard InChI is InChI=1S/C11H21NO5/c1-9(8-11(14)15)7-10(13)12-3-4-17-6-5-16-2/h9H,3-8H2,1-2H3,(H,12,13)(H,14,15). The highest BCUT2D eigenvalue weighted by atomic mass is 16.5. The van der Waals surface area contributed by atoms with Crippen molar-refractivity contribution in [1.82, 2.24) is 5.32 Å². The minimum atomic E-state index is -0.881. The monoisotopic (exact) mass is 247 g/mol. The molecular formula is C11H21NO5. The Balaban J connectivity index is 3.43. The highest BCUT2D eigenvalue weighted by Gasteiger charge is 2.11. The van der Waals surface area contributed by atoms with Gasteiger partial charge in [0.25, 0.3) is 0 Å². The van der Waals surface area contributed by atoms with Gasteiger partial charge in [0.1, 0.15) is 0 Å². The van der Waals surface area contributed by atoms with E-state index >= 15 is 0 Å². The molecule has 0 spiro atoms. The van der Waals surface area contributed by atoms with Crippen LogP contribution in [-0.2, 0) is 19.1 Å². The van der Waals surface area contributed by atoms with Crippen LogP contribution in [0.1, 0.15) is 19.8 Å². The van der Waals surface area contributed by atoms with E-state index in [1.165, 1.54) is 0 Å². The van der Waals surface area contributed by atoms with Gasteiger partial charge < -0.3 is 19.9 Å². The molecule has 6 heteroatoms. The molecule has 0 saturated carbocycles. The number of rotatable bonds is 10. The topological polar surface area (TPSA) is 84.9 Å². The van der Waals surface area contributed by atoms with Crippen molar-refractivity contribution in [2.24, 2.45) is 5.92 Å². The Bertz CT molecular complexity index is 232. The molecule has 0 heterocycles. The van der Waals surface area contributed by atoms with Crippen LogP contribution in [0.5, 0.6) is 0 Å². The summed E-state index contributed by atoms with van der Waals surface area (Å²) in [5.41, 5.74) is 0. The number of hydrogen-bond donors (Lipinski definition) is 2. The van der Waals surface area contributed by atoms with Crippen LogP contribution in [0.2, 0.25) is 0 Å². The maximum atomic E-state index is 11.3. The number of nitrogens with one attached hydrogen (secondary N) is 1. The first-order valence-corrected chi connectivity index (χ1v) is 5.61. The van der Waals surface area contributed by atoms with Crippen molar-refractivity contribution in [3.05, 3.63) is 0 Å². The maximum Gasteiger partial charge on any atom is 0.303 e. The zero-order chi connectivity index (χ0) is 13.1. The van der Waals surface area contributed by atoms with E-state index in [0.29, 0.717) is 26.4 Å². The zero-order valence-electron chi connectivity index (χ0n) is 10.4. The molecule has 0 aromatic rings. The molecule has 0 rings (SSSR count). The Morgan fingerprint density at radius 2 is 1.94 bits per heavy atom. The molecule has 0 aliphatic carbocycles. The Morgan fingerprint density at radius 3 is 2.53 bits per heavy atom. The predicted octanol–water partition coefficient (Wildman–Crippen LogP) is 0.266. The van der Waals surface area contributed by atoms with Crippen LogP contribution in [0.25, 0.3) is 0 Å². The number of aliphatic carboxylic acids is 1. The molecule has 1 amide bonds. The first kappa shape index (κ1) is 15.9. The molecule has 0 saturated heterocycles. The smallest absolute Gasteiger partial charge is 0.303 e. The van der Waals surface area contributed by atoms with Crippen LogP contribution in [-0.4, -0.2) is 50.5 Å². The average molecular weight is 247 g/mol. The van der Waals surface area contributed by atoms with Gasteiger partial charge in [-0.1, -0.05) is 6.92 Å². The predicted molar refractivity (Wildman–Crippen MR) is 61.7 cm³/mol. The van der Waals surface area contributed by atoms with Crippen molar-refractivity contribution in [3.63, 3.8) is 0 Å². The minimum absolute atomic E-state index is 0.0117. The maximum absolute atomic E-state index is 11.3. The van der Waals surface area contributed by atoms with E-state index in [1.54, 1.807) is 14.0 Å². The summed E-state index contributed by atoms with van der Waals surface area (Å²) in [4.78, 5) is 21.7. The second-order valence-corrected chi connectivity index (χ2v) is 3.86. The summed E-state index contributed by atoms with van der Waals surface area (Å²) in [5, 5.41) is 11.2. The van der Waals surface area contributed by atoms with E-state index < -0.39 is 5.97 Å². The van der Waals surface area contributed by atoms with E-state index in [4.69, 9.17) is 14.6 Å². The summed E-state index contributed by atoms with van der Waals surface area (Å²) in [6, 6.07) is 0. The summed E-state index contributed by atoms with van der Waals surface area (Å²) in [7, 11) is 1.59. The van der Waals surface area contributed by atoms with Crippen molar-refractivity contribution >= 4 is 11.9 Å². The van der Waals surface area contributed by atoms with Crippen molar-refractivity contribution in [1.29, 1.82) is 0 Å². The lowest BCUT2D eigenvalue weighted by atomic mass is 10.0. The lowest BCUT2D eigenvalue weighted by Gasteiger charge is -2.09. The molecular weight excluding hydrogens is 226 g/mol. The van der Waals surface area contributed by atoms with Gasteiger partial charge >= 0.3 is 5.97 Å². The van der Waals surface area contributed by atoms with Gasteiger partial charge in [0, 0.05) is 26.5 Å². The number of ether oxygens (including phenoxy) is 2. The molecule has 0 radical (unpaired) electrons. The van der Waals surface area contributed by atoms with Crippen molar-refractivity contribution in [3.8, 4) is 0 Å². The number of carbonyl (C=O) groups is 2. The Hall–Kier alpha value is -1.14. The third kappa shape index (κ3) is 11.1. The lowest BCUT2D eigenvalue weighted by Crippen LogP contribution is -2.29. The summed E-state index contributed by atoms with van der Waals surface area (Å²) < 4.78 is 9.95. The minimum Gasteiger partial charge on any atom is -0.481 e. The van der Waals surface area contributed by atoms with Crippen molar-refractivity contribution in [2.75, 3.05) is 33.5 Å². The molecule has 0 aliphatic heterocycles. The number of carboxylic acids is 1. The molecule has 0 aromatic carbocycles. The van der Waals surface area contributed by atoms with Gasteiger partial charge in [-0.25, -0.2) is 0 Å². The van der Waals surface area contributed by atoms with E-state index in [2.05, 4.69) is 5.32 Å². The summed E-state index contributed by atoms with van der Waals surface area (Å²) in [5.74, 6) is -1.18. The van der Waals surface area contributed by atoms with Crippen LogP contribution in [0.3, 0.4) is 0 Å². The first-order chi connectivity index (χ1) is 8.06. The molecule has 1 unspecified atom stereocenters. The number of carboxylic acid groups (broad SMARTS) is 1. The molecule has 0 aliphatic rings. The normalized spacial score (nSPS) is 12.1. The largest absolute Gasteiger partial charge is 0.481 e. The number of hydrogen-bond acceptors (Lipinski definition) is 4. The average Bonchev–Trinajstić information content (AvgIpc) is 2.21. The fraction of sp³-hybridized carbons (Fsp3) is 0.818. The molecule has 0 bridgehead atoms. The Kier molecular flexibility index (Phi) is 9.37. The van der Waals surface area contributed by atoms with Crippen LogP contribution in [0.4, 0.5) is 0 Å². The van der Waals surface area contributed by atoms with Crippen LogP contribution >= 0.6 is 0 Å². The van der Waals surface area contributed by atoms with Crippen LogP contribution in [0.15, 0.2) is 0 Å².